The van der Waals surface area contributed by atoms with Crippen LogP contribution in [0.2, 0.25) is 0 Å². The number of nitrogens with zero attached hydrogens (tertiary/aromatic N) is 3. The van der Waals surface area contributed by atoms with Crippen LogP contribution in [0.25, 0.3) is 10.9 Å². The Balaban J connectivity index is 1.61. The van der Waals surface area contributed by atoms with Gasteiger partial charge in [0, 0.05) is 11.6 Å². The summed E-state index contributed by atoms with van der Waals surface area (Å²) in [5.74, 6) is -1.13. The molecule has 2 aromatic carbocycles. The van der Waals surface area contributed by atoms with Gasteiger partial charge in [0.25, 0.3) is 5.91 Å². The molecule has 0 spiro atoms. The van der Waals surface area contributed by atoms with Crippen LogP contribution >= 0.6 is 0 Å². The van der Waals surface area contributed by atoms with Crippen LogP contribution in [0, 0.1) is 13.8 Å². The molecule has 9 nitrogen and oxygen atoms in total. The van der Waals surface area contributed by atoms with E-state index in [1.807, 2.05) is 6.92 Å². The van der Waals surface area contributed by atoms with Crippen molar-refractivity contribution in [3.63, 3.8) is 0 Å². The van der Waals surface area contributed by atoms with Gasteiger partial charge in [-0.05, 0) is 43.7 Å². The number of aromatic nitrogens is 3. The first-order valence-corrected chi connectivity index (χ1v) is 12.3. The highest BCUT2D eigenvalue weighted by Gasteiger charge is 2.19. The Morgan fingerprint density at radius 3 is 2.38 bits per heavy atom. The van der Waals surface area contributed by atoms with Crippen LogP contribution in [0.4, 0.5) is 5.69 Å². The van der Waals surface area contributed by atoms with Crippen molar-refractivity contribution in [1.82, 2.24) is 14.8 Å². The second-order valence-corrected chi connectivity index (χ2v) is 10.0. The number of primary amides is 1. The first-order chi connectivity index (χ1) is 16.0. The maximum Gasteiger partial charge on any atom is 0.274 e. The number of nitrogens with one attached hydrogen (secondary N) is 1. The number of fused-ring (bicyclic) bond motifs is 1. The SMILES string of the molecule is Cc1nn(Cc2ccc(S(C)(=O)=O)cc2)c(C)c1NC(=O)c1cc(C(N)=O)c2ccccc2n1. The summed E-state index contributed by atoms with van der Waals surface area (Å²) in [6.45, 7) is 3.99. The average Bonchev–Trinajstić information content (AvgIpc) is 3.05. The lowest BCUT2D eigenvalue weighted by Gasteiger charge is -2.09. The fraction of sp³-hybridized carbons (Fsp3) is 0.167. The molecule has 10 heteroatoms. The van der Waals surface area contributed by atoms with Gasteiger partial charge in [0.2, 0.25) is 5.91 Å². The second-order valence-electron chi connectivity index (χ2n) is 8.01. The summed E-state index contributed by atoms with van der Waals surface area (Å²) >= 11 is 0. The predicted octanol–water partition coefficient (Wildman–Crippen LogP) is 2.85. The zero-order chi connectivity index (χ0) is 24.6. The third-order valence-electron chi connectivity index (χ3n) is 5.52. The molecule has 0 unspecified atom stereocenters. The minimum absolute atomic E-state index is 0.0652. The van der Waals surface area contributed by atoms with E-state index in [1.165, 1.54) is 6.07 Å². The molecule has 34 heavy (non-hydrogen) atoms. The van der Waals surface area contributed by atoms with E-state index in [0.717, 1.165) is 11.8 Å². The maximum atomic E-state index is 13.0. The lowest BCUT2D eigenvalue weighted by atomic mass is 10.1. The highest BCUT2D eigenvalue weighted by molar-refractivity contribution is 7.90. The number of carbonyl (C=O) groups excluding carboxylic acids is 2. The van der Waals surface area contributed by atoms with Crippen molar-refractivity contribution in [1.29, 1.82) is 0 Å². The van der Waals surface area contributed by atoms with Crippen LogP contribution < -0.4 is 11.1 Å². The molecule has 0 aliphatic heterocycles. The predicted molar refractivity (Wildman–Crippen MR) is 129 cm³/mol. The van der Waals surface area contributed by atoms with Crippen LogP contribution in [0.5, 0.6) is 0 Å². The van der Waals surface area contributed by atoms with E-state index in [0.29, 0.717) is 34.5 Å². The van der Waals surface area contributed by atoms with E-state index >= 15 is 0 Å². The molecule has 0 fully saturated rings. The Bertz CT molecular complexity index is 1540. The molecule has 0 atom stereocenters. The number of aryl methyl sites for hydroxylation is 1. The Labute approximate surface area is 196 Å². The summed E-state index contributed by atoms with van der Waals surface area (Å²) in [5.41, 5.74) is 9.01. The number of benzene rings is 2. The van der Waals surface area contributed by atoms with Crippen LogP contribution in [-0.2, 0) is 16.4 Å². The van der Waals surface area contributed by atoms with Crippen molar-refractivity contribution in [2.45, 2.75) is 25.3 Å². The molecule has 4 aromatic rings. The smallest absolute Gasteiger partial charge is 0.274 e. The summed E-state index contributed by atoms with van der Waals surface area (Å²) in [6.07, 6.45) is 1.16. The molecular weight excluding hydrogens is 454 g/mol. The van der Waals surface area contributed by atoms with E-state index in [2.05, 4.69) is 15.4 Å². The summed E-state index contributed by atoms with van der Waals surface area (Å²) in [6, 6.07) is 14.9. The van der Waals surface area contributed by atoms with E-state index < -0.39 is 21.7 Å². The fourth-order valence-corrected chi connectivity index (χ4v) is 4.35. The molecule has 174 valence electrons. The van der Waals surface area contributed by atoms with Crippen LogP contribution in [0.3, 0.4) is 0 Å². The zero-order valence-electron chi connectivity index (χ0n) is 18.9. The first-order valence-electron chi connectivity index (χ1n) is 10.4. The van der Waals surface area contributed by atoms with Crippen molar-refractivity contribution in [3.8, 4) is 0 Å². The molecule has 0 saturated heterocycles. The summed E-state index contributed by atoms with van der Waals surface area (Å²) in [4.78, 5) is 29.6. The molecule has 4 rings (SSSR count). The molecule has 3 N–H and O–H groups in total. The molecule has 0 radical (unpaired) electrons. The molecular formula is C24H23N5O4S. The number of carbonyl (C=O) groups is 2. The van der Waals surface area contributed by atoms with Gasteiger partial charge in [-0.15, -0.1) is 0 Å². The minimum Gasteiger partial charge on any atom is -0.366 e. The number of anilines is 1. The average molecular weight is 478 g/mol. The van der Waals surface area contributed by atoms with Gasteiger partial charge >= 0.3 is 0 Å². The van der Waals surface area contributed by atoms with Crippen LogP contribution in [0.15, 0.2) is 59.5 Å². The topological polar surface area (TPSA) is 137 Å². The molecule has 0 aliphatic carbocycles. The summed E-state index contributed by atoms with van der Waals surface area (Å²) in [5, 5.41) is 7.93. The number of pyridine rings is 1. The third-order valence-corrected chi connectivity index (χ3v) is 6.65. The lowest BCUT2D eigenvalue weighted by molar-refractivity contribution is 0.100. The van der Waals surface area contributed by atoms with Crippen molar-refractivity contribution in [2.24, 2.45) is 5.73 Å². The molecule has 0 aliphatic rings. The third kappa shape index (κ3) is 4.53. The molecule has 0 saturated carbocycles. The number of rotatable bonds is 6. The maximum absolute atomic E-state index is 13.0. The van der Waals surface area contributed by atoms with Crippen LogP contribution in [0.1, 0.15) is 37.8 Å². The summed E-state index contributed by atoms with van der Waals surface area (Å²) < 4.78 is 25.1. The van der Waals surface area contributed by atoms with Gasteiger partial charge in [0.05, 0.1) is 39.6 Å². The van der Waals surface area contributed by atoms with E-state index in [4.69, 9.17) is 5.73 Å². The Kier molecular flexibility index (Phi) is 5.92. The van der Waals surface area contributed by atoms with Crippen molar-refractivity contribution in [2.75, 3.05) is 11.6 Å². The monoisotopic (exact) mass is 477 g/mol. The Morgan fingerprint density at radius 2 is 1.74 bits per heavy atom. The van der Waals surface area contributed by atoms with Gasteiger partial charge in [0.15, 0.2) is 9.84 Å². The number of hydrogen-bond acceptors (Lipinski definition) is 6. The molecule has 2 heterocycles. The van der Waals surface area contributed by atoms with Crippen molar-refractivity contribution >= 4 is 38.2 Å². The van der Waals surface area contributed by atoms with E-state index in [1.54, 1.807) is 60.1 Å². The van der Waals surface area contributed by atoms with E-state index in [9.17, 15) is 18.0 Å². The Morgan fingerprint density at radius 1 is 1.06 bits per heavy atom. The molecule has 2 amide bonds. The quantitative estimate of drug-likeness (QED) is 0.438. The largest absolute Gasteiger partial charge is 0.366 e. The number of amides is 2. The number of hydrogen-bond donors (Lipinski definition) is 2. The van der Waals surface area contributed by atoms with Gasteiger partial charge in [0.1, 0.15) is 5.69 Å². The van der Waals surface area contributed by atoms with Crippen LogP contribution in [-0.4, -0.2) is 41.3 Å². The van der Waals surface area contributed by atoms with Gasteiger partial charge in [-0.25, -0.2) is 13.4 Å². The van der Waals surface area contributed by atoms with Crippen molar-refractivity contribution < 1.29 is 18.0 Å². The second kappa shape index (κ2) is 8.71. The highest BCUT2D eigenvalue weighted by Crippen LogP contribution is 2.23. The van der Waals surface area contributed by atoms with Gasteiger partial charge in [-0.3, -0.25) is 14.3 Å². The fourth-order valence-electron chi connectivity index (χ4n) is 3.72. The first kappa shape index (κ1) is 23.1. The van der Waals surface area contributed by atoms with Crippen molar-refractivity contribution in [3.05, 3.63) is 82.8 Å². The molecule has 2 aromatic heterocycles. The lowest BCUT2D eigenvalue weighted by Crippen LogP contribution is -2.18. The summed E-state index contributed by atoms with van der Waals surface area (Å²) in [7, 11) is -3.27. The van der Waals surface area contributed by atoms with Gasteiger partial charge < -0.3 is 11.1 Å². The highest BCUT2D eigenvalue weighted by atomic mass is 32.2. The minimum atomic E-state index is -3.27. The van der Waals surface area contributed by atoms with Gasteiger partial charge in [-0.1, -0.05) is 30.3 Å². The standard InChI is InChI=1S/C24H23N5O4S/c1-14-22(15(2)29(28-14)13-16-8-10-17(11-9-16)34(3,32)33)27-24(31)21-12-19(23(25)30)18-6-4-5-7-20(18)26-21/h4-12H,13H2,1-3H3,(H2,25,30)(H,27,31). The number of para-hydroxylation sites is 1. The normalized spacial score (nSPS) is 11.5. The Hall–Kier alpha value is -4.05. The van der Waals surface area contributed by atoms with E-state index in [-0.39, 0.29) is 16.2 Å². The molecule has 0 bridgehead atoms. The number of sulfone groups is 1. The number of nitrogens with two attached hydrogens (primary N) is 1. The van der Waals surface area contributed by atoms with Gasteiger partial charge in [-0.2, -0.15) is 5.10 Å². The zero-order valence-corrected chi connectivity index (χ0v) is 19.7.